The highest BCUT2D eigenvalue weighted by Gasteiger charge is 2.39. The van der Waals surface area contributed by atoms with Crippen molar-refractivity contribution < 1.29 is 18.3 Å². The zero-order valence-corrected chi connectivity index (χ0v) is 4.99. The number of rotatable bonds is 0. The second-order valence-corrected chi connectivity index (χ2v) is 1.92. The molecule has 0 spiro atoms. The summed E-state index contributed by atoms with van der Waals surface area (Å²) in [5, 5.41) is 0. The van der Waals surface area contributed by atoms with Crippen molar-refractivity contribution in [2.75, 3.05) is 0 Å². The van der Waals surface area contributed by atoms with Gasteiger partial charge in [-0.1, -0.05) is 0 Å². The Bertz CT molecular complexity index is 216. The molecule has 54 valence electrons. The third-order valence-corrected chi connectivity index (χ3v) is 1.16. The van der Waals surface area contributed by atoms with Crippen molar-refractivity contribution in [1.29, 1.82) is 0 Å². The Hall–Kier alpha value is -1.11. The highest BCUT2D eigenvalue weighted by molar-refractivity contribution is 5.72. The normalized spacial score (nSPS) is 30.8. The fourth-order valence-corrected chi connectivity index (χ4v) is 0.704. The molecule has 0 aromatic rings. The number of ether oxygens (including phenoxy) is 1. The summed E-state index contributed by atoms with van der Waals surface area (Å²) >= 11 is 0. The van der Waals surface area contributed by atoms with Crippen molar-refractivity contribution in [2.24, 2.45) is 0 Å². The second kappa shape index (κ2) is 2.25. The number of hydrogen-bond acceptors (Lipinski definition) is 2. The Labute approximate surface area is 56.2 Å². The van der Waals surface area contributed by atoms with Crippen LogP contribution in [0.4, 0.5) is 8.78 Å². The van der Waals surface area contributed by atoms with Gasteiger partial charge in [0.1, 0.15) is 6.17 Å². The molecule has 0 N–H and O–H groups in total. The molecule has 1 aliphatic heterocycles. The smallest absolute Gasteiger partial charge is 0.317 e. The molecule has 0 amide bonds. The molecule has 2 nitrogen and oxygen atoms in total. The summed E-state index contributed by atoms with van der Waals surface area (Å²) in [6.07, 6.45) is 0.654. The molecule has 0 aliphatic carbocycles. The van der Waals surface area contributed by atoms with Crippen molar-refractivity contribution >= 4 is 5.97 Å². The van der Waals surface area contributed by atoms with Crippen LogP contribution < -0.4 is 0 Å². The molecule has 4 heteroatoms. The third-order valence-electron chi connectivity index (χ3n) is 1.16. The highest BCUT2D eigenvalue weighted by atomic mass is 19.2. The van der Waals surface area contributed by atoms with Gasteiger partial charge in [-0.2, -0.15) is 4.39 Å². The maximum atomic E-state index is 12.7. The molecule has 0 bridgehead atoms. The van der Waals surface area contributed by atoms with E-state index in [9.17, 15) is 13.6 Å². The molecule has 10 heavy (non-hydrogen) atoms. The van der Waals surface area contributed by atoms with Crippen LogP contribution in [0, 0.1) is 12.1 Å². The molecular formula is C6H4F2O2. The average molecular weight is 146 g/mol. The van der Waals surface area contributed by atoms with E-state index in [1.807, 2.05) is 0 Å². The van der Waals surface area contributed by atoms with Crippen LogP contribution in [0.15, 0.2) is 0 Å². The monoisotopic (exact) mass is 146 g/mol. The minimum atomic E-state index is -2.37. The number of esters is 1. The van der Waals surface area contributed by atoms with Gasteiger partial charge < -0.3 is 4.74 Å². The van der Waals surface area contributed by atoms with E-state index in [0.717, 1.165) is 6.17 Å². The molecule has 0 saturated carbocycles. The van der Waals surface area contributed by atoms with E-state index in [2.05, 4.69) is 4.74 Å². The van der Waals surface area contributed by atoms with E-state index in [1.165, 1.54) is 5.92 Å². The number of cyclic esters (lactones) is 1. The van der Waals surface area contributed by atoms with Gasteiger partial charge in [-0.05, 0) is 0 Å². The van der Waals surface area contributed by atoms with Gasteiger partial charge in [-0.25, -0.2) is 0 Å². The van der Waals surface area contributed by atoms with Crippen LogP contribution in [0.5, 0.6) is 0 Å². The molecule has 1 atom stereocenters. The first-order valence-electron chi connectivity index (χ1n) is 2.70. The molecule has 1 heterocycles. The Kier molecular flexibility index (Phi) is 1.58. The largest absolute Gasteiger partial charge is 0.417 e. The molecule has 0 aromatic carbocycles. The lowest BCUT2D eigenvalue weighted by atomic mass is 10.2. The van der Waals surface area contributed by atoms with Crippen LogP contribution in [-0.4, -0.2) is 11.8 Å². The van der Waals surface area contributed by atoms with Crippen LogP contribution >= 0.6 is 0 Å². The zero-order chi connectivity index (χ0) is 7.61. The molecule has 0 radical (unpaired) electrons. The summed E-state index contributed by atoms with van der Waals surface area (Å²) in [6.45, 7) is 0. The standard InChI is InChI=1S/C6H4F2O2/c7-4-3-6(8)2-1-5(9)10-6/h1-2H2. The number of halogens is 2. The van der Waals surface area contributed by atoms with Crippen molar-refractivity contribution in [3.63, 3.8) is 0 Å². The van der Waals surface area contributed by atoms with Crippen LogP contribution in [0.25, 0.3) is 0 Å². The van der Waals surface area contributed by atoms with Gasteiger partial charge >= 0.3 is 11.8 Å². The Balaban J connectivity index is 2.69. The van der Waals surface area contributed by atoms with Crippen molar-refractivity contribution in [3.8, 4) is 12.1 Å². The Morgan fingerprint density at radius 2 is 2.40 bits per heavy atom. The SMILES string of the molecule is O=C1CCC(F)(C#CF)O1. The van der Waals surface area contributed by atoms with Crippen molar-refractivity contribution in [3.05, 3.63) is 0 Å². The van der Waals surface area contributed by atoms with Gasteiger partial charge in [0.05, 0.1) is 6.42 Å². The van der Waals surface area contributed by atoms with Gasteiger partial charge in [-0.15, -0.1) is 4.39 Å². The van der Waals surface area contributed by atoms with Gasteiger partial charge in [0.2, 0.25) is 0 Å². The lowest BCUT2D eigenvalue weighted by Gasteiger charge is -2.07. The fraction of sp³-hybridized carbons (Fsp3) is 0.500. The minimum Gasteiger partial charge on any atom is -0.417 e. The number of carbonyl (C=O) groups is 1. The Morgan fingerprint density at radius 3 is 2.80 bits per heavy atom. The van der Waals surface area contributed by atoms with Gasteiger partial charge in [0.25, 0.3) is 0 Å². The molecule has 1 aliphatic rings. The third kappa shape index (κ3) is 1.24. The molecule has 1 saturated heterocycles. The number of alkyl halides is 1. The number of hydrogen-bond donors (Lipinski definition) is 0. The fourth-order valence-electron chi connectivity index (χ4n) is 0.704. The summed E-state index contributed by atoms with van der Waals surface area (Å²) in [5.41, 5.74) is 0. The molecule has 1 fully saturated rings. The lowest BCUT2D eigenvalue weighted by molar-refractivity contribution is -0.154. The van der Waals surface area contributed by atoms with Crippen LogP contribution in [0.3, 0.4) is 0 Å². The average Bonchev–Trinajstić information content (AvgIpc) is 2.12. The van der Waals surface area contributed by atoms with E-state index in [1.54, 1.807) is 0 Å². The first-order chi connectivity index (χ1) is 4.66. The molecule has 1 rings (SSSR count). The van der Waals surface area contributed by atoms with Crippen molar-refractivity contribution in [2.45, 2.75) is 18.7 Å². The van der Waals surface area contributed by atoms with Crippen LogP contribution in [-0.2, 0) is 9.53 Å². The van der Waals surface area contributed by atoms with E-state index >= 15 is 0 Å². The van der Waals surface area contributed by atoms with Crippen LogP contribution in [0.1, 0.15) is 12.8 Å². The molecule has 1 unspecified atom stereocenters. The van der Waals surface area contributed by atoms with Crippen LogP contribution in [0.2, 0.25) is 0 Å². The maximum absolute atomic E-state index is 12.7. The summed E-state index contributed by atoms with van der Waals surface area (Å²) in [5.74, 6) is -1.52. The summed E-state index contributed by atoms with van der Waals surface area (Å²) in [7, 11) is 0. The van der Waals surface area contributed by atoms with E-state index in [-0.39, 0.29) is 12.8 Å². The maximum Gasteiger partial charge on any atom is 0.317 e. The first-order valence-corrected chi connectivity index (χ1v) is 2.70. The summed E-state index contributed by atoms with van der Waals surface area (Å²) in [6, 6.07) is 0. The minimum absolute atomic E-state index is 0.0365. The highest BCUT2D eigenvalue weighted by Crippen LogP contribution is 2.26. The predicted molar refractivity (Wildman–Crippen MR) is 28.0 cm³/mol. The van der Waals surface area contributed by atoms with Crippen molar-refractivity contribution in [1.82, 2.24) is 0 Å². The van der Waals surface area contributed by atoms with Gasteiger partial charge in [0, 0.05) is 12.3 Å². The first kappa shape index (κ1) is 7.00. The summed E-state index contributed by atoms with van der Waals surface area (Å²) in [4.78, 5) is 10.3. The summed E-state index contributed by atoms with van der Waals surface area (Å²) < 4.78 is 28.0. The molecule has 0 aromatic heterocycles. The van der Waals surface area contributed by atoms with E-state index in [0.29, 0.717) is 0 Å². The number of carbonyl (C=O) groups excluding carboxylic acids is 1. The second-order valence-electron chi connectivity index (χ2n) is 1.92. The van der Waals surface area contributed by atoms with E-state index in [4.69, 9.17) is 0 Å². The molecular weight excluding hydrogens is 142 g/mol. The lowest BCUT2D eigenvalue weighted by Crippen LogP contribution is -2.18. The predicted octanol–water partition coefficient (Wildman–Crippen LogP) is 0.920. The van der Waals surface area contributed by atoms with Gasteiger partial charge in [-0.3, -0.25) is 4.79 Å². The Morgan fingerprint density at radius 1 is 1.70 bits per heavy atom. The topological polar surface area (TPSA) is 26.3 Å². The van der Waals surface area contributed by atoms with Gasteiger partial charge in [0.15, 0.2) is 0 Å². The zero-order valence-electron chi connectivity index (χ0n) is 4.99. The van der Waals surface area contributed by atoms with E-state index < -0.39 is 11.8 Å². The quantitative estimate of drug-likeness (QED) is 0.375.